The fourth-order valence-corrected chi connectivity index (χ4v) is 2.91. The normalized spacial score (nSPS) is 14.5. The molecule has 1 heterocycles. The van der Waals surface area contributed by atoms with Gasteiger partial charge in [-0.1, -0.05) is 18.2 Å². The average Bonchev–Trinajstić information content (AvgIpc) is 2.63. The Balaban J connectivity index is 0.00000280. The Kier molecular flexibility index (Phi) is 6.90. The molecule has 0 radical (unpaired) electrons. The van der Waals surface area contributed by atoms with Gasteiger partial charge in [-0.25, -0.2) is 4.39 Å². The molecule has 1 amide bonds. The number of hydrogen-bond donors (Lipinski definition) is 2. The van der Waals surface area contributed by atoms with Gasteiger partial charge in [0.2, 0.25) is 0 Å². The van der Waals surface area contributed by atoms with Crippen molar-refractivity contribution in [3.63, 3.8) is 0 Å². The second-order valence-electron chi connectivity index (χ2n) is 6.23. The van der Waals surface area contributed by atoms with Crippen LogP contribution in [0.2, 0.25) is 0 Å². The van der Waals surface area contributed by atoms with Gasteiger partial charge in [0, 0.05) is 6.54 Å². The quantitative estimate of drug-likeness (QED) is 0.727. The fourth-order valence-electron chi connectivity index (χ4n) is 2.91. The van der Waals surface area contributed by atoms with E-state index in [4.69, 9.17) is 4.74 Å². The first-order chi connectivity index (χ1) is 12.8. The molecule has 2 aromatic rings. The van der Waals surface area contributed by atoms with Crippen molar-refractivity contribution in [2.24, 2.45) is 0 Å². The predicted octanol–water partition coefficient (Wildman–Crippen LogP) is 4.32. The minimum atomic E-state index is -4.61. The van der Waals surface area contributed by atoms with Crippen LogP contribution in [0.15, 0.2) is 36.4 Å². The van der Waals surface area contributed by atoms with E-state index in [9.17, 15) is 22.4 Å². The molecule has 152 valence electrons. The van der Waals surface area contributed by atoms with Gasteiger partial charge in [0.05, 0.1) is 11.3 Å². The van der Waals surface area contributed by atoms with E-state index in [1.807, 2.05) is 0 Å². The summed E-state index contributed by atoms with van der Waals surface area (Å²) in [5.41, 5.74) is 0.361. The van der Waals surface area contributed by atoms with Crippen LogP contribution in [0.3, 0.4) is 0 Å². The van der Waals surface area contributed by atoms with E-state index in [2.05, 4.69) is 10.6 Å². The van der Waals surface area contributed by atoms with Crippen LogP contribution in [0.5, 0.6) is 5.75 Å². The number of halogens is 5. The molecule has 0 fully saturated rings. The van der Waals surface area contributed by atoms with Crippen molar-refractivity contribution in [2.45, 2.75) is 32.2 Å². The third kappa shape index (κ3) is 4.74. The van der Waals surface area contributed by atoms with E-state index in [1.54, 1.807) is 6.07 Å². The molecule has 2 aromatic carbocycles. The summed E-state index contributed by atoms with van der Waals surface area (Å²) in [6, 6.07) is 7.78. The van der Waals surface area contributed by atoms with Gasteiger partial charge in [-0.3, -0.25) is 4.79 Å². The molecule has 4 nitrogen and oxygen atoms in total. The van der Waals surface area contributed by atoms with E-state index < -0.39 is 35.3 Å². The van der Waals surface area contributed by atoms with Crippen molar-refractivity contribution >= 4 is 24.0 Å². The second kappa shape index (κ2) is 8.79. The Morgan fingerprint density at radius 3 is 2.64 bits per heavy atom. The van der Waals surface area contributed by atoms with E-state index in [1.165, 1.54) is 25.1 Å². The molecule has 2 N–H and O–H groups in total. The molecule has 9 heteroatoms. The second-order valence-corrected chi connectivity index (χ2v) is 6.23. The molecule has 0 aromatic heterocycles. The lowest BCUT2D eigenvalue weighted by atomic mass is 9.99. The zero-order chi connectivity index (χ0) is 19.6. The summed E-state index contributed by atoms with van der Waals surface area (Å²) >= 11 is 0. The van der Waals surface area contributed by atoms with Crippen LogP contribution in [0.1, 0.15) is 23.6 Å². The van der Waals surface area contributed by atoms with Crippen LogP contribution < -0.4 is 15.4 Å². The molecule has 1 unspecified atom stereocenters. The van der Waals surface area contributed by atoms with Gasteiger partial charge in [0.1, 0.15) is 11.6 Å². The number of carbonyl (C=O) groups is 1. The van der Waals surface area contributed by atoms with E-state index >= 15 is 0 Å². The molecule has 1 aliphatic heterocycles. The van der Waals surface area contributed by atoms with Crippen LogP contribution in [-0.4, -0.2) is 18.6 Å². The number of anilines is 1. The van der Waals surface area contributed by atoms with Gasteiger partial charge < -0.3 is 15.4 Å². The topological polar surface area (TPSA) is 50.4 Å². The Labute approximate surface area is 165 Å². The van der Waals surface area contributed by atoms with Gasteiger partial charge in [-0.2, -0.15) is 13.2 Å². The smallest absolute Gasteiger partial charge is 0.419 e. The highest BCUT2D eigenvalue weighted by molar-refractivity contribution is 5.94. The molecule has 3 rings (SSSR count). The highest BCUT2D eigenvalue weighted by Crippen LogP contribution is 2.36. The van der Waals surface area contributed by atoms with E-state index in [0.717, 1.165) is 17.7 Å². The monoisotopic (exact) mass is 418 g/mol. The maximum Gasteiger partial charge on any atom is 0.419 e. The zero-order valence-corrected chi connectivity index (χ0v) is 15.7. The molecule has 0 saturated carbocycles. The number of hydrogen-bond acceptors (Lipinski definition) is 3. The molecular weight excluding hydrogens is 400 g/mol. The van der Waals surface area contributed by atoms with Gasteiger partial charge in [0.15, 0.2) is 6.10 Å². The number of nitrogens with one attached hydrogen (secondary N) is 2. The molecule has 1 aliphatic rings. The number of alkyl halides is 3. The third-order valence-corrected chi connectivity index (χ3v) is 4.33. The average molecular weight is 419 g/mol. The largest absolute Gasteiger partial charge is 0.480 e. The molecule has 1 atom stereocenters. The number of fused-ring (bicyclic) bond motifs is 1. The lowest BCUT2D eigenvalue weighted by Crippen LogP contribution is -2.31. The summed E-state index contributed by atoms with van der Waals surface area (Å²) in [5.74, 6) is -1.71. The summed E-state index contributed by atoms with van der Waals surface area (Å²) in [4.78, 5) is 12.3. The number of benzene rings is 2. The highest BCUT2D eigenvalue weighted by atomic mass is 35.5. The Morgan fingerprint density at radius 1 is 1.21 bits per heavy atom. The van der Waals surface area contributed by atoms with Crippen molar-refractivity contribution in [1.29, 1.82) is 0 Å². The number of amides is 1. The summed E-state index contributed by atoms with van der Waals surface area (Å²) in [5, 5.41) is 5.52. The molecule has 0 saturated heterocycles. The van der Waals surface area contributed by atoms with Gasteiger partial charge in [-0.05, 0) is 49.2 Å². The lowest BCUT2D eigenvalue weighted by molar-refractivity contribution is -0.140. The van der Waals surface area contributed by atoms with Crippen LogP contribution in [0.25, 0.3) is 0 Å². The van der Waals surface area contributed by atoms with Gasteiger partial charge >= 0.3 is 6.18 Å². The molecule has 0 bridgehead atoms. The molecule has 28 heavy (non-hydrogen) atoms. The van der Waals surface area contributed by atoms with Crippen molar-refractivity contribution in [2.75, 3.05) is 11.9 Å². The lowest BCUT2D eigenvalue weighted by Gasteiger charge is -2.21. The molecular formula is C19H19ClF4N2O2. The van der Waals surface area contributed by atoms with E-state index in [-0.39, 0.29) is 18.1 Å². The van der Waals surface area contributed by atoms with Crippen LogP contribution in [-0.2, 0) is 23.9 Å². The summed E-state index contributed by atoms with van der Waals surface area (Å²) in [7, 11) is 0. The van der Waals surface area contributed by atoms with Gasteiger partial charge in [0.25, 0.3) is 5.91 Å². The Morgan fingerprint density at radius 2 is 1.93 bits per heavy atom. The number of para-hydroxylation sites is 1. The minimum Gasteiger partial charge on any atom is -0.480 e. The van der Waals surface area contributed by atoms with Crippen LogP contribution in [0, 0.1) is 5.82 Å². The number of rotatable bonds is 4. The summed E-state index contributed by atoms with van der Waals surface area (Å²) in [6.45, 7) is 2.49. The first-order valence-electron chi connectivity index (χ1n) is 8.42. The highest BCUT2D eigenvalue weighted by Gasteiger charge is 2.35. The zero-order valence-electron chi connectivity index (χ0n) is 14.9. The van der Waals surface area contributed by atoms with Crippen LogP contribution >= 0.6 is 12.4 Å². The maximum absolute atomic E-state index is 14.6. The Bertz CT molecular complexity index is 858. The third-order valence-electron chi connectivity index (χ3n) is 4.33. The molecule has 0 aliphatic carbocycles. The number of ether oxygens (including phenoxy) is 1. The fraction of sp³-hybridized carbons (Fsp3) is 0.316. The summed E-state index contributed by atoms with van der Waals surface area (Å²) in [6.07, 6.45) is -5.35. The number of carbonyl (C=O) groups excluding carboxylic acids is 1. The SMILES string of the molecule is CC(Oc1ccccc1C(F)(F)F)C(=O)Nc1ccc2c(c1F)CCNC2.Cl. The van der Waals surface area contributed by atoms with Crippen molar-refractivity contribution in [3.8, 4) is 5.75 Å². The van der Waals surface area contributed by atoms with E-state index in [0.29, 0.717) is 25.1 Å². The Hall–Kier alpha value is -2.32. The maximum atomic E-state index is 14.6. The van der Waals surface area contributed by atoms with Crippen molar-refractivity contribution in [1.82, 2.24) is 5.32 Å². The van der Waals surface area contributed by atoms with Gasteiger partial charge in [-0.15, -0.1) is 12.4 Å². The standard InChI is InChI=1S/C19H18F4N2O2.ClH/c1-11(27-16-5-3-2-4-14(16)19(21,22)23)18(26)25-15-7-6-12-10-24-9-8-13(12)17(15)20;/h2-7,11,24H,8-10H2,1H3,(H,25,26);1H. The summed E-state index contributed by atoms with van der Waals surface area (Å²) < 4.78 is 58.9. The molecule has 0 spiro atoms. The minimum absolute atomic E-state index is 0. The van der Waals surface area contributed by atoms with Crippen LogP contribution in [0.4, 0.5) is 23.2 Å². The van der Waals surface area contributed by atoms with Crippen molar-refractivity contribution in [3.05, 3.63) is 58.9 Å². The first kappa shape index (κ1) is 22.0. The first-order valence-corrected chi connectivity index (χ1v) is 8.42. The van der Waals surface area contributed by atoms with Crippen molar-refractivity contribution < 1.29 is 27.1 Å². The predicted molar refractivity (Wildman–Crippen MR) is 99.2 cm³/mol.